The molecule has 272 valence electrons. The highest BCUT2D eigenvalue weighted by molar-refractivity contribution is 7.25. The number of fused-ring (bicyclic) bond motifs is 9. The lowest BCUT2D eigenvalue weighted by molar-refractivity contribution is 0.663. The van der Waals surface area contributed by atoms with E-state index in [0.29, 0.717) is 0 Å². The first-order valence-electron chi connectivity index (χ1n) is 20.3. The monoisotopic (exact) mass is 746 g/mol. The topological polar surface area (TPSA) is 0 Å². The molecule has 9 aromatic carbocycles. The highest BCUT2D eigenvalue weighted by Crippen LogP contribution is 2.53. The summed E-state index contributed by atoms with van der Waals surface area (Å²) in [4.78, 5) is 0. The van der Waals surface area contributed by atoms with Crippen LogP contribution in [0.2, 0.25) is 0 Å². The van der Waals surface area contributed by atoms with Crippen molar-refractivity contribution in [2.45, 2.75) is 39.0 Å². The van der Waals surface area contributed by atoms with Crippen molar-refractivity contribution < 1.29 is 0 Å². The molecule has 0 saturated heterocycles. The second-order valence-corrected chi connectivity index (χ2v) is 17.3. The minimum atomic E-state index is -0.105. The molecule has 0 nitrogen and oxygen atoms in total. The summed E-state index contributed by atoms with van der Waals surface area (Å²) in [6.07, 6.45) is 6.85. The molecule has 0 saturated carbocycles. The van der Waals surface area contributed by atoms with Crippen LogP contribution in [0.15, 0.2) is 182 Å². The molecule has 1 heterocycles. The summed E-state index contributed by atoms with van der Waals surface area (Å²) in [5.74, 6) is 0. The average molecular weight is 747 g/mol. The van der Waals surface area contributed by atoms with Crippen LogP contribution in [0.1, 0.15) is 43.9 Å². The molecule has 0 unspecified atom stereocenters. The SMILES string of the molecule is CCC=C1/C(=C\Cc2cccc(-c3c4ccccc4c(-c4cccc5ccccc45)c4ccccc34)c2)c2ccc3cc4c(cc3c2C1(C)C)sc1ccccc14. The van der Waals surface area contributed by atoms with E-state index >= 15 is 0 Å². The van der Waals surface area contributed by atoms with Crippen LogP contribution in [0.3, 0.4) is 0 Å². The summed E-state index contributed by atoms with van der Waals surface area (Å²) in [6, 6.07) is 61.3. The molecule has 0 atom stereocenters. The lowest BCUT2D eigenvalue weighted by atomic mass is 9.79. The van der Waals surface area contributed by atoms with E-state index in [-0.39, 0.29) is 5.41 Å². The van der Waals surface area contributed by atoms with E-state index in [1.54, 1.807) is 0 Å². The van der Waals surface area contributed by atoms with E-state index in [1.165, 1.54) is 113 Å². The first-order valence-corrected chi connectivity index (χ1v) is 21.1. The molecule has 1 heteroatoms. The van der Waals surface area contributed by atoms with Gasteiger partial charge in [0.05, 0.1) is 0 Å². The smallest absolute Gasteiger partial charge is 0.0361 e. The first-order chi connectivity index (χ1) is 28.0. The minimum absolute atomic E-state index is 0.105. The Morgan fingerprint density at radius 2 is 1.12 bits per heavy atom. The third-order valence-electron chi connectivity index (χ3n) is 12.6. The number of benzene rings is 9. The molecule has 1 aliphatic carbocycles. The summed E-state index contributed by atoms with van der Waals surface area (Å²) in [5, 5.41) is 13.1. The van der Waals surface area contributed by atoms with Crippen LogP contribution in [0, 0.1) is 0 Å². The molecular weight excluding hydrogens is 705 g/mol. The molecule has 0 N–H and O–H groups in total. The van der Waals surface area contributed by atoms with Crippen molar-refractivity contribution in [1.82, 2.24) is 0 Å². The van der Waals surface area contributed by atoms with Crippen molar-refractivity contribution in [3.63, 3.8) is 0 Å². The van der Waals surface area contributed by atoms with Crippen LogP contribution in [0.5, 0.6) is 0 Å². The van der Waals surface area contributed by atoms with Crippen LogP contribution in [0.4, 0.5) is 0 Å². The standard InChI is InChI=1S/C56H42S/c1-4-15-50-40(47-31-29-37-33-49-41-21-11-12-27-51(41)57-52(49)34-48(37)55(47)56(50,2)3)30-28-35-16-13-19-38(32-35)53-43-22-7-9-24-45(43)54(46-25-10-8-23-44(46)53)42-26-14-18-36-17-5-6-20-39(36)42/h5-27,29-34H,4,28H2,1-3H3/b40-30-,50-15?. The summed E-state index contributed by atoms with van der Waals surface area (Å²) in [6.45, 7) is 7.13. The van der Waals surface area contributed by atoms with Gasteiger partial charge in [0.15, 0.2) is 0 Å². The summed E-state index contributed by atoms with van der Waals surface area (Å²) >= 11 is 1.91. The van der Waals surface area contributed by atoms with Gasteiger partial charge in [-0.1, -0.05) is 179 Å². The number of allylic oxidation sites excluding steroid dienone is 4. The van der Waals surface area contributed by atoms with Gasteiger partial charge >= 0.3 is 0 Å². The molecule has 0 radical (unpaired) electrons. The first kappa shape index (κ1) is 34.0. The van der Waals surface area contributed by atoms with E-state index < -0.39 is 0 Å². The van der Waals surface area contributed by atoms with Gasteiger partial charge in [-0.05, 0) is 124 Å². The van der Waals surface area contributed by atoms with E-state index in [0.717, 1.165) is 12.8 Å². The third kappa shape index (κ3) is 5.26. The van der Waals surface area contributed by atoms with Gasteiger partial charge in [-0.2, -0.15) is 0 Å². The fourth-order valence-corrected chi connectivity index (χ4v) is 11.2. The Kier molecular flexibility index (Phi) is 7.85. The summed E-state index contributed by atoms with van der Waals surface area (Å²) in [5.41, 5.74) is 12.0. The lowest BCUT2D eigenvalue weighted by Crippen LogP contribution is -2.15. The van der Waals surface area contributed by atoms with Crippen LogP contribution in [-0.2, 0) is 11.8 Å². The molecule has 0 fully saturated rings. The normalized spacial score (nSPS) is 15.3. The van der Waals surface area contributed by atoms with Gasteiger partial charge in [0.25, 0.3) is 0 Å². The van der Waals surface area contributed by atoms with Gasteiger partial charge < -0.3 is 0 Å². The molecule has 0 spiro atoms. The highest BCUT2D eigenvalue weighted by Gasteiger charge is 2.39. The van der Waals surface area contributed by atoms with Crippen LogP contribution < -0.4 is 0 Å². The average Bonchev–Trinajstić information content (AvgIpc) is 3.71. The second kappa shape index (κ2) is 13.2. The molecule has 1 aromatic heterocycles. The van der Waals surface area contributed by atoms with E-state index in [1.807, 2.05) is 11.3 Å². The Hall–Kier alpha value is -6.28. The van der Waals surface area contributed by atoms with Crippen LogP contribution in [-0.4, -0.2) is 0 Å². The number of hydrogen-bond donors (Lipinski definition) is 0. The van der Waals surface area contributed by atoms with Gasteiger partial charge in [0, 0.05) is 25.6 Å². The summed E-state index contributed by atoms with van der Waals surface area (Å²) in [7, 11) is 0. The maximum absolute atomic E-state index is 2.51. The van der Waals surface area contributed by atoms with Gasteiger partial charge in [-0.3, -0.25) is 0 Å². The molecule has 0 amide bonds. The maximum atomic E-state index is 2.51. The fraction of sp³-hybridized carbons (Fsp3) is 0.107. The van der Waals surface area contributed by atoms with Crippen molar-refractivity contribution in [2.75, 3.05) is 0 Å². The second-order valence-electron chi connectivity index (χ2n) is 16.2. The largest absolute Gasteiger partial charge is 0.135 e. The maximum Gasteiger partial charge on any atom is 0.0361 e. The van der Waals surface area contributed by atoms with Crippen LogP contribution in [0.25, 0.3) is 91.1 Å². The zero-order valence-corrected chi connectivity index (χ0v) is 33.4. The Morgan fingerprint density at radius 1 is 0.474 bits per heavy atom. The number of rotatable bonds is 5. The predicted molar refractivity (Wildman–Crippen MR) is 250 cm³/mol. The van der Waals surface area contributed by atoms with Gasteiger partial charge in [-0.25, -0.2) is 0 Å². The zero-order chi connectivity index (χ0) is 38.3. The fourth-order valence-electron chi connectivity index (χ4n) is 10.1. The lowest BCUT2D eigenvalue weighted by Gasteiger charge is -2.23. The summed E-state index contributed by atoms with van der Waals surface area (Å²) < 4.78 is 2.73. The van der Waals surface area contributed by atoms with Crippen molar-refractivity contribution >= 4 is 80.2 Å². The van der Waals surface area contributed by atoms with Crippen molar-refractivity contribution in [1.29, 1.82) is 0 Å². The Labute approximate surface area is 338 Å². The van der Waals surface area contributed by atoms with E-state index in [2.05, 4.69) is 197 Å². The van der Waals surface area contributed by atoms with Crippen LogP contribution >= 0.6 is 11.3 Å². The molecule has 10 aromatic rings. The number of hydrogen-bond acceptors (Lipinski definition) is 1. The molecule has 0 aliphatic heterocycles. The third-order valence-corrected chi connectivity index (χ3v) is 13.7. The quantitative estimate of drug-likeness (QED) is 0.154. The molecule has 0 bridgehead atoms. The van der Waals surface area contributed by atoms with Gasteiger partial charge in [0.2, 0.25) is 0 Å². The Morgan fingerprint density at radius 3 is 1.88 bits per heavy atom. The molecule has 57 heavy (non-hydrogen) atoms. The minimum Gasteiger partial charge on any atom is -0.135 e. The Balaban J connectivity index is 1.05. The van der Waals surface area contributed by atoms with Crippen molar-refractivity contribution in [2.24, 2.45) is 0 Å². The number of thiophene rings is 1. The predicted octanol–water partition coefficient (Wildman–Crippen LogP) is 16.3. The van der Waals surface area contributed by atoms with E-state index in [4.69, 9.17) is 0 Å². The zero-order valence-electron chi connectivity index (χ0n) is 32.6. The molecule has 1 aliphatic rings. The Bertz CT molecular complexity index is 3270. The molecule has 11 rings (SSSR count). The van der Waals surface area contributed by atoms with Crippen molar-refractivity contribution in [3.8, 4) is 22.3 Å². The van der Waals surface area contributed by atoms with Gasteiger partial charge in [0.1, 0.15) is 0 Å². The molecular formula is C56H42S. The van der Waals surface area contributed by atoms with Gasteiger partial charge in [-0.15, -0.1) is 11.3 Å². The van der Waals surface area contributed by atoms with E-state index in [9.17, 15) is 0 Å². The van der Waals surface area contributed by atoms with Crippen molar-refractivity contribution in [3.05, 3.63) is 198 Å². The highest BCUT2D eigenvalue weighted by atomic mass is 32.1.